The molecular formula is C23H28N6O3. The molecule has 168 valence electrons. The topological polar surface area (TPSA) is 86.7 Å². The van der Waals surface area contributed by atoms with Crippen LogP contribution in [-0.4, -0.2) is 44.2 Å². The molecule has 3 aromatic rings. The monoisotopic (exact) mass is 436 g/mol. The molecular weight excluding hydrogens is 408 g/mol. The first kappa shape index (κ1) is 21.8. The first-order valence-corrected chi connectivity index (χ1v) is 10.8. The Bertz CT molecular complexity index is 1300. The van der Waals surface area contributed by atoms with Crippen LogP contribution < -0.4 is 16.3 Å². The van der Waals surface area contributed by atoms with E-state index in [0.717, 1.165) is 11.3 Å². The number of hydrogen-bond acceptors (Lipinski definition) is 6. The molecule has 9 heteroatoms. The predicted octanol–water partition coefficient (Wildman–Crippen LogP) is 2.40. The van der Waals surface area contributed by atoms with E-state index in [4.69, 9.17) is 4.74 Å². The van der Waals surface area contributed by atoms with E-state index in [9.17, 15) is 9.59 Å². The minimum Gasteiger partial charge on any atom is -0.380 e. The zero-order chi connectivity index (χ0) is 22.8. The number of imidazole rings is 1. The van der Waals surface area contributed by atoms with Gasteiger partial charge in [-0.25, -0.2) is 9.80 Å². The summed E-state index contributed by atoms with van der Waals surface area (Å²) in [5, 5.41) is 6.38. The van der Waals surface area contributed by atoms with Crippen molar-refractivity contribution in [3.63, 3.8) is 0 Å². The molecule has 1 atom stereocenters. The summed E-state index contributed by atoms with van der Waals surface area (Å²) < 4.78 is 10.0. The molecule has 3 heterocycles. The van der Waals surface area contributed by atoms with E-state index in [1.807, 2.05) is 67.8 Å². The van der Waals surface area contributed by atoms with E-state index in [2.05, 4.69) is 10.1 Å². The Morgan fingerprint density at radius 1 is 1.19 bits per heavy atom. The first-order chi connectivity index (χ1) is 15.4. The van der Waals surface area contributed by atoms with E-state index in [-0.39, 0.29) is 18.1 Å². The number of hydrazone groups is 1. The summed E-state index contributed by atoms with van der Waals surface area (Å²) in [6, 6.07) is 9.61. The lowest BCUT2D eigenvalue weighted by molar-refractivity contribution is 0.153. The molecule has 0 saturated heterocycles. The molecule has 1 unspecified atom stereocenters. The highest BCUT2D eigenvalue weighted by atomic mass is 16.5. The Labute approximate surface area is 185 Å². The lowest BCUT2D eigenvalue weighted by atomic mass is 10.2. The van der Waals surface area contributed by atoms with Crippen LogP contribution in [0.4, 0.5) is 5.95 Å². The zero-order valence-electron chi connectivity index (χ0n) is 18.9. The average molecular weight is 437 g/mol. The van der Waals surface area contributed by atoms with Crippen molar-refractivity contribution in [2.24, 2.45) is 12.1 Å². The van der Waals surface area contributed by atoms with Gasteiger partial charge in [0.2, 0.25) is 5.95 Å². The third-order valence-electron chi connectivity index (χ3n) is 5.71. The molecule has 0 aliphatic carbocycles. The zero-order valence-corrected chi connectivity index (χ0v) is 18.9. The molecule has 1 aromatic carbocycles. The average Bonchev–Trinajstić information content (AvgIpc) is 3.20. The number of fused-ring (bicyclic) bond motifs is 3. The second-order valence-electron chi connectivity index (χ2n) is 7.76. The number of aromatic nitrogens is 4. The maximum Gasteiger partial charge on any atom is 0.332 e. The first-order valence-electron chi connectivity index (χ1n) is 10.8. The van der Waals surface area contributed by atoms with E-state index in [1.165, 1.54) is 9.13 Å². The predicted molar refractivity (Wildman–Crippen MR) is 126 cm³/mol. The van der Waals surface area contributed by atoms with Crippen molar-refractivity contribution in [3.05, 3.63) is 62.8 Å². The highest BCUT2D eigenvalue weighted by molar-refractivity contribution is 5.91. The Balaban J connectivity index is 1.80. The van der Waals surface area contributed by atoms with Crippen LogP contribution >= 0.6 is 0 Å². The highest BCUT2D eigenvalue weighted by Gasteiger charge is 2.30. The number of aryl methyl sites for hydroxylation is 1. The number of rotatable bonds is 7. The molecule has 4 rings (SSSR count). The van der Waals surface area contributed by atoms with E-state index in [1.54, 1.807) is 12.1 Å². The normalized spacial score (nSPS) is 16.1. The largest absolute Gasteiger partial charge is 0.380 e. The lowest BCUT2D eigenvalue weighted by Crippen LogP contribution is -2.40. The second kappa shape index (κ2) is 8.96. The number of benzene rings is 1. The van der Waals surface area contributed by atoms with Gasteiger partial charge >= 0.3 is 5.69 Å². The maximum atomic E-state index is 13.5. The van der Waals surface area contributed by atoms with Gasteiger partial charge in [-0.15, -0.1) is 0 Å². The van der Waals surface area contributed by atoms with Crippen molar-refractivity contribution >= 4 is 28.9 Å². The van der Waals surface area contributed by atoms with Gasteiger partial charge in [-0.3, -0.25) is 18.5 Å². The summed E-state index contributed by atoms with van der Waals surface area (Å²) >= 11 is 0. The minimum absolute atomic E-state index is 0.156. The SMILES string of the molecule is CCOCCN1N=C(C)C(C)n2c1nc1c2c(=O)n(C/C=C/c2ccccc2)c(=O)n1C. The minimum atomic E-state index is -0.401. The second-order valence-corrected chi connectivity index (χ2v) is 7.76. The van der Waals surface area contributed by atoms with Gasteiger partial charge in [0, 0.05) is 20.2 Å². The van der Waals surface area contributed by atoms with Gasteiger partial charge in [-0.05, 0) is 26.3 Å². The van der Waals surface area contributed by atoms with Gasteiger partial charge in [-0.1, -0.05) is 42.5 Å². The fourth-order valence-electron chi connectivity index (χ4n) is 3.85. The van der Waals surface area contributed by atoms with Crippen LogP contribution in [0.5, 0.6) is 0 Å². The van der Waals surface area contributed by atoms with Crippen LogP contribution in [0.1, 0.15) is 32.4 Å². The molecule has 0 spiro atoms. The third-order valence-corrected chi connectivity index (χ3v) is 5.71. The summed E-state index contributed by atoms with van der Waals surface area (Å²) in [6.45, 7) is 7.61. The van der Waals surface area contributed by atoms with Crippen molar-refractivity contribution in [2.75, 3.05) is 24.8 Å². The number of hydrogen-bond donors (Lipinski definition) is 0. The molecule has 9 nitrogen and oxygen atoms in total. The summed E-state index contributed by atoms with van der Waals surface area (Å²) in [5.74, 6) is 0.544. The standard InChI is InChI=1S/C23H28N6O3/c1-5-32-15-14-28-22-24-20-19(29(22)17(3)16(2)25-28)21(30)27(23(31)26(20)4)13-9-12-18-10-7-6-8-11-18/h6-12,17H,5,13-15H2,1-4H3/b12-9+. The molecule has 0 radical (unpaired) electrons. The van der Waals surface area contributed by atoms with Gasteiger partial charge in [0.1, 0.15) is 0 Å². The van der Waals surface area contributed by atoms with Crippen LogP contribution in [0.3, 0.4) is 0 Å². The maximum absolute atomic E-state index is 13.5. The molecule has 0 N–H and O–H groups in total. The van der Waals surface area contributed by atoms with Gasteiger partial charge in [0.15, 0.2) is 11.2 Å². The van der Waals surface area contributed by atoms with Gasteiger partial charge in [-0.2, -0.15) is 10.1 Å². The molecule has 0 fully saturated rings. The quantitative estimate of drug-likeness (QED) is 0.531. The highest BCUT2D eigenvalue weighted by Crippen LogP contribution is 2.29. The van der Waals surface area contributed by atoms with Crippen molar-refractivity contribution < 1.29 is 4.74 Å². The van der Waals surface area contributed by atoms with Crippen LogP contribution in [0.25, 0.3) is 17.2 Å². The number of ether oxygens (including phenoxy) is 1. The van der Waals surface area contributed by atoms with Crippen LogP contribution in [0, 0.1) is 0 Å². The molecule has 1 aliphatic rings. The van der Waals surface area contributed by atoms with Gasteiger partial charge in [0.25, 0.3) is 5.56 Å². The summed E-state index contributed by atoms with van der Waals surface area (Å²) in [7, 11) is 1.64. The van der Waals surface area contributed by atoms with Crippen LogP contribution in [0.2, 0.25) is 0 Å². The molecule has 2 aromatic heterocycles. The Kier molecular flexibility index (Phi) is 6.09. The summed E-state index contributed by atoms with van der Waals surface area (Å²) in [4.78, 5) is 31.1. The van der Waals surface area contributed by atoms with E-state index < -0.39 is 5.69 Å². The van der Waals surface area contributed by atoms with Crippen molar-refractivity contribution in [3.8, 4) is 0 Å². The fourth-order valence-corrected chi connectivity index (χ4v) is 3.85. The Morgan fingerprint density at radius 2 is 1.94 bits per heavy atom. The van der Waals surface area contributed by atoms with Crippen molar-refractivity contribution in [2.45, 2.75) is 33.4 Å². The molecule has 0 saturated carbocycles. The Hall–Kier alpha value is -3.46. The fraction of sp³-hybridized carbons (Fsp3) is 0.391. The third kappa shape index (κ3) is 3.80. The van der Waals surface area contributed by atoms with Gasteiger partial charge in [0.05, 0.1) is 24.9 Å². The number of anilines is 1. The molecule has 32 heavy (non-hydrogen) atoms. The summed E-state index contributed by atoms with van der Waals surface area (Å²) in [5.41, 5.74) is 1.87. The van der Waals surface area contributed by atoms with Crippen LogP contribution in [-0.2, 0) is 18.3 Å². The molecule has 1 aliphatic heterocycles. The molecule has 0 bridgehead atoms. The van der Waals surface area contributed by atoms with Crippen molar-refractivity contribution in [1.82, 2.24) is 18.7 Å². The number of allylic oxidation sites excluding steroid dienone is 1. The van der Waals surface area contributed by atoms with E-state index in [0.29, 0.717) is 36.9 Å². The summed E-state index contributed by atoms with van der Waals surface area (Å²) in [6.07, 6.45) is 3.72. The number of nitrogens with zero attached hydrogens (tertiary/aromatic N) is 6. The molecule has 0 amide bonds. The van der Waals surface area contributed by atoms with Crippen molar-refractivity contribution in [1.29, 1.82) is 0 Å². The smallest absolute Gasteiger partial charge is 0.332 e. The van der Waals surface area contributed by atoms with E-state index >= 15 is 0 Å². The lowest BCUT2D eigenvalue weighted by Gasteiger charge is -2.29. The van der Waals surface area contributed by atoms with Gasteiger partial charge < -0.3 is 4.74 Å². The Morgan fingerprint density at radius 3 is 2.66 bits per heavy atom. The van der Waals surface area contributed by atoms with Crippen LogP contribution in [0.15, 0.2) is 51.1 Å².